The second-order valence-corrected chi connectivity index (χ2v) is 9.99. The van der Waals surface area contributed by atoms with Gasteiger partial charge in [-0.15, -0.1) is 0 Å². The summed E-state index contributed by atoms with van der Waals surface area (Å²) in [6.45, 7) is 3.55. The van der Waals surface area contributed by atoms with Gasteiger partial charge in [-0.3, -0.25) is 9.78 Å². The monoisotopic (exact) mass is 489 g/mol. The van der Waals surface area contributed by atoms with Crippen LogP contribution in [0.5, 0.6) is 0 Å². The van der Waals surface area contributed by atoms with Crippen LogP contribution in [0.15, 0.2) is 52.4 Å². The topological polar surface area (TPSA) is 104 Å². The van der Waals surface area contributed by atoms with Crippen molar-refractivity contribution in [3.05, 3.63) is 92.4 Å². The molecule has 0 bridgehead atoms. The molecule has 2 aromatic carbocycles. The number of aromatic nitrogens is 2. The van der Waals surface area contributed by atoms with Gasteiger partial charge in [0.25, 0.3) is 0 Å². The summed E-state index contributed by atoms with van der Waals surface area (Å²) in [4.78, 5) is 19.5. The van der Waals surface area contributed by atoms with Crippen LogP contribution in [0, 0.1) is 48.7 Å². The first-order chi connectivity index (χ1) is 16.5. The highest BCUT2D eigenvalue weighted by Crippen LogP contribution is 2.29. The third-order valence-corrected chi connectivity index (χ3v) is 6.60. The minimum Gasteiger partial charge on any atom is -0.354 e. The third kappa shape index (κ3) is 4.42. The van der Waals surface area contributed by atoms with Crippen LogP contribution in [0.3, 0.4) is 0 Å². The normalized spacial score (nSPS) is 11.1. The molecule has 0 saturated carbocycles. The van der Waals surface area contributed by atoms with Gasteiger partial charge in [-0.25, -0.2) is 17.2 Å². The van der Waals surface area contributed by atoms with Crippen molar-refractivity contribution in [1.82, 2.24) is 9.97 Å². The number of hydrogen-bond acceptors (Lipinski definition) is 5. The lowest BCUT2D eigenvalue weighted by Gasteiger charge is -2.11. The minimum atomic E-state index is -3.74. The molecule has 0 atom stereocenters. The van der Waals surface area contributed by atoms with Gasteiger partial charge in [-0.1, -0.05) is 11.8 Å². The van der Waals surface area contributed by atoms with Crippen molar-refractivity contribution in [3.8, 4) is 29.2 Å². The Morgan fingerprint density at radius 3 is 2.29 bits per heavy atom. The molecule has 2 heterocycles. The Kier molecular flexibility index (Phi) is 5.98. The predicted molar refractivity (Wildman–Crippen MR) is 127 cm³/mol. The lowest BCUT2D eigenvalue weighted by molar-refractivity contribution is 0.585. The van der Waals surface area contributed by atoms with Gasteiger partial charge >= 0.3 is 0 Å². The van der Waals surface area contributed by atoms with Crippen LogP contribution in [0.4, 0.5) is 8.78 Å². The molecule has 0 unspecified atom stereocenters. The first kappa shape index (κ1) is 23.8. The maximum atomic E-state index is 15.3. The molecular weight excluding hydrogens is 472 g/mol. The molecule has 0 aliphatic carbocycles. The van der Waals surface area contributed by atoms with Crippen LogP contribution >= 0.6 is 0 Å². The Morgan fingerprint density at radius 1 is 1.00 bits per heavy atom. The molecule has 0 aliphatic rings. The molecule has 4 rings (SSSR count). The summed E-state index contributed by atoms with van der Waals surface area (Å²) >= 11 is 0. The number of benzene rings is 2. The number of rotatable bonds is 2. The zero-order valence-corrected chi connectivity index (χ0v) is 19.6. The Bertz CT molecular complexity index is 1790. The van der Waals surface area contributed by atoms with E-state index in [2.05, 4.69) is 21.8 Å². The first-order valence-electron chi connectivity index (χ1n) is 10.2. The van der Waals surface area contributed by atoms with Crippen molar-refractivity contribution in [2.75, 3.05) is 6.26 Å². The van der Waals surface area contributed by atoms with Crippen molar-refractivity contribution in [2.45, 2.75) is 18.7 Å². The molecule has 174 valence electrons. The number of sulfone groups is 1. The van der Waals surface area contributed by atoms with Gasteiger partial charge in [0.1, 0.15) is 5.82 Å². The summed E-state index contributed by atoms with van der Waals surface area (Å²) in [5.74, 6) is 3.13. The molecule has 2 aromatic heterocycles. The molecule has 9 heteroatoms. The van der Waals surface area contributed by atoms with E-state index < -0.39 is 37.9 Å². The Balaban J connectivity index is 1.95. The minimum absolute atomic E-state index is 0.000643. The molecule has 0 spiro atoms. The molecule has 4 aromatic rings. The molecule has 0 fully saturated rings. The number of halogens is 2. The second kappa shape index (κ2) is 8.79. The lowest BCUT2D eigenvalue weighted by Crippen LogP contribution is -2.09. The average Bonchev–Trinajstić information content (AvgIpc) is 2.78. The number of H-pyrrole nitrogens is 1. The fourth-order valence-electron chi connectivity index (χ4n) is 3.76. The number of fused-ring (bicyclic) bond motifs is 1. The van der Waals surface area contributed by atoms with E-state index in [9.17, 15) is 22.9 Å². The fourth-order valence-corrected chi connectivity index (χ4v) is 4.64. The number of nitrogens with zero attached hydrogens (tertiary/aromatic N) is 2. The van der Waals surface area contributed by atoms with Crippen LogP contribution in [0.25, 0.3) is 22.2 Å². The second-order valence-electron chi connectivity index (χ2n) is 8.01. The lowest BCUT2D eigenvalue weighted by atomic mass is 10.0. The standard InChI is InChI=1S/C26H17F2N3O3S/c1-14-12-30-13-15(2)17(14)5-6-18-20(27)9-22-25(26(18)28)23(32)10-21(31-22)19-8-16(11-29)4-7-24(19)35(3,33)34/h4,7-10,12-13H,1-3H3,(H,31,32). The summed E-state index contributed by atoms with van der Waals surface area (Å²) in [6.07, 6.45) is 4.15. The fraction of sp³-hybridized carbons (Fsp3) is 0.115. The highest BCUT2D eigenvalue weighted by atomic mass is 32.2. The molecule has 1 N–H and O–H groups in total. The van der Waals surface area contributed by atoms with Crippen LogP contribution in [-0.2, 0) is 9.84 Å². The summed E-state index contributed by atoms with van der Waals surface area (Å²) in [5, 5.41) is 8.80. The van der Waals surface area contributed by atoms with E-state index in [1.165, 1.54) is 18.2 Å². The van der Waals surface area contributed by atoms with Crippen molar-refractivity contribution in [1.29, 1.82) is 5.26 Å². The van der Waals surface area contributed by atoms with Crippen LogP contribution in [0.2, 0.25) is 0 Å². The predicted octanol–water partition coefficient (Wildman–Crippen LogP) is 4.16. The molecule has 6 nitrogen and oxygen atoms in total. The Labute approximate surface area is 199 Å². The smallest absolute Gasteiger partial charge is 0.193 e. The van der Waals surface area contributed by atoms with Gasteiger partial charge in [-0.2, -0.15) is 5.26 Å². The SMILES string of the molecule is Cc1cncc(C)c1C#Cc1c(F)cc2[nH]c(-c3cc(C#N)ccc3S(C)(=O)=O)cc(=O)c2c1F. The van der Waals surface area contributed by atoms with Crippen molar-refractivity contribution < 1.29 is 17.2 Å². The van der Waals surface area contributed by atoms with Gasteiger partial charge in [-0.05, 0) is 49.2 Å². The maximum absolute atomic E-state index is 15.3. The highest BCUT2D eigenvalue weighted by Gasteiger charge is 2.20. The third-order valence-electron chi connectivity index (χ3n) is 5.45. The highest BCUT2D eigenvalue weighted by molar-refractivity contribution is 7.90. The number of nitrogens with one attached hydrogen (secondary N) is 1. The van der Waals surface area contributed by atoms with Gasteiger partial charge in [0, 0.05) is 35.8 Å². The maximum Gasteiger partial charge on any atom is 0.193 e. The van der Waals surface area contributed by atoms with Gasteiger partial charge in [0.15, 0.2) is 21.1 Å². The molecular formula is C26H17F2N3O3S. The van der Waals surface area contributed by atoms with E-state index in [4.69, 9.17) is 0 Å². The summed E-state index contributed by atoms with van der Waals surface area (Å²) in [7, 11) is -3.74. The average molecular weight is 490 g/mol. The van der Waals surface area contributed by atoms with Gasteiger partial charge in [0.05, 0.1) is 38.7 Å². The van der Waals surface area contributed by atoms with Gasteiger partial charge in [0.2, 0.25) is 0 Å². The van der Waals surface area contributed by atoms with Crippen LogP contribution in [0.1, 0.15) is 27.8 Å². The number of pyridine rings is 2. The Hall–Kier alpha value is -4.34. The molecule has 0 saturated heterocycles. The summed E-state index contributed by atoms with van der Waals surface area (Å²) in [6, 6.07) is 7.72. The molecule has 0 radical (unpaired) electrons. The van der Waals surface area contributed by atoms with Crippen LogP contribution in [-0.4, -0.2) is 24.6 Å². The first-order valence-corrected chi connectivity index (χ1v) is 12.1. The largest absolute Gasteiger partial charge is 0.354 e. The summed E-state index contributed by atoms with van der Waals surface area (Å²) < 4.78 is 54.7. The van der Waals surface area contributed by atoms with E-state index in [1.54, 1.807) is 26.2 Å². The van der Waals surface area contributed by atoms with E-state index in [0.29, 0.717) is 5.56 Å². The van der Waals surface area contributed by atoms with Crippen molar-refractivity contribution in [2.24, 2.45) is 0 Å². The van der Waals surface area contributed by atoms with Crippen molar-refractivity contribution in [3.63, 3.8) is 0 Å². The number of aryl methyl sites for hydroxylation is 2. The van der Waals surface area contributed by atoms with E-state index in [-0.39, 0.29) is 27.2 Å². The van der Waals surface area contributed by atoms with Crippen molar-refractivity contribution >= 4 is 20.7 Å². The van der Waals surface area contributed by atoms with E-state index in [1.807, 2.05) is 6.07 Å². The Morgan fingerprint density at radius 2 is 1.66 bits per heavy atom. The molecule has 0 amide bonds. The van der Waals surface area contributed by atoms with Gasteiger partial charge < -0.3 is 4.98 Å². The summed E-state index contributed by atoms with van der Waals surface area (Å²) in [5.41, 5.74) is 0.713. The van der Waals surface area contributed by atoms with E-state index >= 15 is 4.39 Å². The van der Waals surface area contributed by atoms with Crippen LogP contribution < -0.4 is 5.43 Å². The molecule has 35 heavy (non-hydrogen) atoms. The zero-order chi connectivity index (χ0) is 25.5. The quantitative estimate of drug-likeness (QED) is 0.426. The molecule has 0 aliphatic heterocycles. The number of aromatic amines is 1. The number of hydrogen-bond donors (Lipinski definition) is 1. The zero-order valence-electron chi connectivity index (χ0n) is 18.8. The number of nitriles is 1. The van der Waals surface area contributed by atoms with E-state index in [0.717, 1.165) is 29.5 Å².